The van der Waals surface area contributed by atoms with Gasteiger partial charge in [0.15, 0.2) is 6.61 Å². The van der Waals surface area contributed by atoms with Crippen molar-refractivity contribution in [2.24, 2.45) is 0 Å². The fourth-order valence-electron chi connectivity index (χ4n) is 2.35. The summed E-state index contributed by atoms with van der Waals surface area (Å²) in [5.74, 6) is 0.345. The number of nitrogens with zero attached hydrogens (tertiary/aromatic N) is 2. The Kier molecular flexibility index (Phi) is 5.92. The highest BCUT2D eigenvalue weighted by Crippen LogP contribution is 2.31. The molecule has 0 saturated heterocycles. The van der Waals surface area contributed by atoms with Crippen LogP contribution in [0.15, 0.2) is 53.0 Å². The molecule has 2 aromatic carbocycles. The fourth-order valence-corrected chi connectivity index (χ4v) is 3.61. The highest BCUT2D eigenvalue weighted by molar-refractivity contribution is 9.10. The number of amides is 1. The molecule has 140 valence electrons. The lowest BCUT2D eigenvalue weighted by Crippen LogP contribution is -2.20. The number of nitrogens with one attached hydrogen (secondary N) is 1. The number of carbonyl (C=O) groups excluding carboxylic acids is 1. The van der Waals surface area contributed by atoms with Gasteiger partial charge in [-0.3, -0.25) is 10.1 Å². The maximum atomic E-state index is 12.2. The molecule has 0 bridgehead atoms. The molecule has 3 aromatic rings. The minimum absolute atomic E-state index is 0.0483. The molecule has 1 amide bonds. The van der Waals surface area contributed by atoms with Crippen molar-refractivity contribution in [3.8, 4) is 16.3 Å². The zero-order valence-corrected chi connectivity index (χ0v) is 17.7. The van der Waals surface area contributed by atoms with Gasteiger partial charge in [0, 0.05) is 5.56 Å². The lowest BCUT2D eigenvalue weighted by Gasteiger charge is -2.20. The lowest BCUT2D eigenvalue weighted by atomic mass is 9.87. The Morgan fingerprint density at radius 1 is 1.15 bits per heavy atom. The van der Waals surface area contributed by atoms with Crippen molar-refractivity contribution in [1.29, 1.82) is 0 Å². The highest BCUT2D eigenvalue weighted by atomic mass is 79.9. The van der Waals surface area contributed by atoms with E-state index in [1.54, 1.807) is 0 Å². The molecule has 7 heteroatoms. The SMILES string of the molecule is CC(C)(C)c1ccc(OCC(=O)Nc2nnc(-c3ccccc3)s2)c(Br)c1. The molecule has 5 nitrogen and oxygen atoms in total. The molecule has 0 spiro atoms. The minimum atomic E-state index is -0.280. The summed E-state index contributed by atoms with van der Waals surface area (Å²) < 4.78 is 6.45. The van der Waals surface area contributed by atoms with Crippen molar-refractivity contribution in [1.82, 2.24) is 10.2 Å². The van der Waals surface area contributed by atoms with Gasteiger partial charge in [-0.2, -0.15) is 0 Å². The maximum Gasteiger partial charge on any atom is 0.264 e. The van der Waals surface area contributed by atoms with E-state index in [-0.39, 0.29) is 17.9 Å². The number of rotatable bonds is 5. The van der Waals surface area contributed by atoms with E-state index < -0.39 is 0 Å². The van der Waals surface area contributed by atoms with Gasteiger partial charge in [0.2, 0.25) is 5.13 Å². The topological polar surface area (TPSA) is 64.1 Å². The number of anilines is 1. The molecule has 0 saturated carbocycles. The maximum absolute atomic E-state index is 12.2. The number of carbonyl (C=O) groups is 1. The van der Waals surface area contributed by atoms with Crippen LogP contribution in [-0.2, 0) is 10.2 Å². The second kappa shape index (κ2) is 8.19. The van der Waals surface area contributed by atoms with Gasteiger partial charge in [0.25, 0.3) is 5.91 Å². The van der Waals surface area contributed by atoms with Gasteiger partial charge in [-0.1, -0.05) is 68.5 Å². The van der Waals surface area contributed by atoms with E-state index in [0.717, 1.165) is 15.0 Å². The van der Waals surface area contributed by atoms with Crippen LogP contribution in [0.25, 0.3) is 10.6 Å². The number of hydrogen-bond donors (Lipinski definition) is 1. The van der Waals surface area contributed by atoms with Gasteiger partial charge in [0.1, 0.15) is 10.8 Å². The Bertz CT molecular complexity index is 936. The first kappa shape index (κ1) is 19.5. The third-order valence-corrected chi connectivity index (χ3v) is 5.36. The predicted octanol–water partition coefficient (Wildman–Crippen LogP) is 5.28. The first-order valence-electron chi connectivity index (χ1n) is 8.44. The van der Waals surface area contributed by atoms with Gasteiger partial charge in [-0.05, 0) is 39.0 Å². The Balaban J connectivity index is 1.58. The smallest absolute Gasteiger partial charge is 0.264 e. The summed E-state index contributed by atoms with van der Waals surface area (Å²) in [5, 5.41) is 12.1. The summed E-state index contributed by atoms with van der Waals surface area (Å²) >= 11 is 4.83. The highest BCUT2D eigenvalue weighted by Gasteiger charge is 2.16. The summed E-state index contributed by atoms with van der Waals surface area (Å²) in [7, 11) is 0. The van der Waals surface area contributed by atoms with E-state index >= 15 is 0 Å². The third-order valence-electron chi connectivity index (χ3n) is 3.85. The molecule has 0 fully saturated rings. The summed E-state index contributed by atoms with van der Waals surface area (Å²) in [6.07, 6.45) is 0. The van der Waals surface area contributed by atoms with Crippen molar-refractivity contribution < 1.29 is 9.53 Å². The second-order valence-corrected chi connectivity index (χ2v) is 8.84. The van der Waals surface area contributed by atoms with Crippen molar-refractivity contribution in [3.63, 3.8) is 0 Å². The van der Waals surface area contributed by atoms with Gasteiger partial charge < -0.3 is 4.74 Å². The van der Waals surface area contributed by atoms with Gasteiger partial charge >= 0.3 is 0 Å². The average molecular weight is 446 g/mol. The normalized spacial score (nSPS) is 11.3. The zero-order valence-electron chi connectivity index (χ0n) is 15.3. The minimum Gasteiger partial charge on any atom is -0.483 e. The number of hydrogen-bond acceptors (Lipinski definition) is 5. The standard InChI is InChI=1S/C20H20BrN3O2S/c1-20(2,3)14-9-10-16(15(21)11-14)26-12-17(25)22-19-24-23-18(27-19)13-7-5-4-6-8-13/h4-11H,12H2,1-3H3,(H,22,24,25). The van der Waals surface area contributed by atoms with Crippen LogP contribution in [0.4, 0.5) is 5.13 Å². The molecule has 3 rings (SSSR count). The van der Waals surface area contributed by atoms with E-state index in [9.17, 15) is 4.79 Å². The lowest BCUT2D eigenvalue weighted by molar-refractivity contribution is -0.118. The van der Waals surface area contributed by atoms with Gasteiger partial charge in [-0.15, -0.1) is 10.2 Å². The van der Waals surface area contributed by atoms with Crippen LogP contribution in [0, 0.1) is 0 Å². The zero-order chi connectivity index (χ0) is 19.4. The summed E-state index contributed by atoms with van der Waals surface area (Å²) in [5.41, 5.74) is 2.20. The van der Waals surface area contributed by atoms with E-state index in [1.807, 2.05) is 48.5 Å². The molecule has 1 heterocycles. The van der Waals surface area contributed by atoms with E-state index in [2.05, 4.69) is 52.2 Å². The first-order chi connectivity index (χ1) is 12.8. The summed E-state index contributed by atoms with van der Waals surface area (Å²) in [6, 6.07) is 15.6. The molecule has 0 aliphatic rings. The van der Waals surface area contributed by atoms with Crippen LogP contribution >= 0.6 is 27.3 Å². The van der Waals surface area contributed by atoms with Crippen LogP contribution in [0.1, 0.15) is 26.3 Å². The number of ether oxygens (including phenoxy) is 1. The van der Waals surface area contributed by atoms with Crippen LogP contribution in [-0.4, -0.2) is 22.7 Å². The monoisotopic (exact) mass is 445 g/mol. The molecule has 0 aliphatic heterocycles. The average Bonchev–Trinajstić information content (AvgIpc) is 3.09. The Labute approximate surface area is 170 Å². The Hall–Kier alpha value is -2.25. The Morgan fingerprint density at radius 2 is 1.89 bits per heavy atom. The number of halogens is 1. The van der Waals surface area contributed by atoms with Crippen LogP contribution in [0.3, 0.4) is 0 Å². The molecule has 1 N–H and O–H groups in total. The van der Waals surface area contributed by atoms with E-state index in [1.165, 1.54) is 16.9 Å². The van der Waals surface area contributed by atoms with Crippen LogP contribution in [0.2, 0.25) is 0 Å². The summed E-state index contributed by atoms with van der Waals surface area (Å²) in [4.78, 5) is 12.2. The van der Waals surface area contributed by atoms with Crippen molar-refractivity contribution in [2.45, 2.75) is 26.2 Å². The molecule has 0 aliphatic carbocycles. The molecule has 0 unspecified atom stereocenters. The van der Waals surface area contributed by atoms with Crippen LogP contribution < -0.4 is 10.1 Å². The van der Waals surface area contributed by atoms with E-state index in [4.69, 9.17) is 4.74 Å². The molecular weight excluding hydrogens is 426 g/mol. The summed E-state index contributed by atoms with van der Waals surface area (Å²) in [6.45, 7) is 6.34. The Morgan fingerprint density at radius 3 is 2.56 bits per heavy atom. The number of benzene rings is 2. The number of aromatic nitrogens is 2. The van der Waals surface area contributed by atoms with Crippen molar-refractivity contribution >= 4 is 38.3 Å². The largest absolute Gasteiger partial charge is 0.483 e. The second-order valence-electron chi connectivity index (χ2n) is 7.01. The van der Waals surface area contributed by atoms with Gasteiger partial charge in [0.05, 0.1) is 4.47 Å². The fraction of sp³-hybridized carbons (Fsp3) is 0.250. The molecule has 27 heavy (non-hydrogen) atoms. The molecule has 1 aromatic heterocycles. The van der Waals surface area contributed by atoms with Gasteiger partial charge in [-0.25, -0.2) is 0 Å². The quantitative estimate of drug-likeness (QED) is 0.579. The molecule has 0 atom stereocenters. The predicted molar refractivity (Wildman–Crippen MR) is 112 cm³/mol. The third kappa shape index (κ3) is 5.14. The molecule has 0 radical (unpaired) electrons. The molecular formula is C20H20BrN3O2S. The first-order valence-corrected chi connectivity index (χ1v) is 10.1. The van der Waals surface area contributed by atoms with Crippen molar-refractivity contribution in [3.05, 3.63) is 58.6 Å². The van der Waals surface area contributed by atoms with Crippen LogP contribution in [0.5, 0.6) is 5.75 Å². The van der Waals surface area contributed by atoms with E-state index in [0.29, 0.717) is 10.9 Å². The van der Waals surface area contributed by atoms with Crippen molar-refractivity contribution in [2.75, 3.05) is 11.9 Å².